The molecule has 21 heavy (non-hydrogen) atoms. The fourth-order valence-electron chi connectivity index (χ4n) is 2.03. The second-order valence-electron chi connectivity index (χ2n) is 4.59. The molecule has 1 heterocycles. The van der Waals surface area contributed by atoms with E-state index in [0.717, 1.165) is 0 Å². The molecule has 1 aromatic rings. The Hall–Kier alpha value is -1.16. The number of ether oxygens (including phenoxy) is 2. The predicted octanol–water partition coefficient (Wildman–Crippen LogP) is 0.980. The molecule has 1 fully saturated rings. The first-order valence-corrected chi connectivity index (χ1v) is 8.27. The molecule has 0 bridgehead atoms. The second kappa shape index (κ2) is 5.91. The van der Waals surface area contributed by atoms with Crippen molar-refractivity contribution >= 4 is 31.9 Å². The summed E-state index contributed by atoms with van der Waals surface area (Å²) in [4.78, 5) is 11.3. The molecule has 116 valence electrons. The van der Waals surface area contributed by atoms with Crippen LogP contribution in [0.3, 0.4) is 0 Å². The van der Waals surface area contributed by atoms with Gasteiger partial charge in [0.15, 0.2) is 5.54 Å². The number of sulfonamides is 1. The Morgan fingerprint density at radius 3 is 2.76 bits per heavy atom. The fraction of sp³-hybridized carbons (Fsp3) is 0.417. The van der Waals surface area contributed by atoms with Crippen molar-refractivity contribution in [3.8, 4) is 5.75 Å². The monoisotopic (exact) mass is 379 g/mol. The molecular formula is C12H14BrNO6S. The van der Waals surface area contributed by atoms with Gasteiger partial charge in [0.25, 0.3) is 0 Å². The van der Waals surface area contributed by atoms with Crippen molar-refractivity contribution in [3.05, 3.63) is 22.7 Å². The Balaban J connectivity index is 2.43. The number of carbonyl (C=O) groups is 1. The van der Waals surface area contributed by atoms with Gasteiger partial charge >= 0.3 is 5.97 Å². The van der Waals surface area contributed by atoms with Crippen LogP contribution in [0.1, 0.15) is 6.42 Å². The van der Waals surface area contributed by atoms with Gasteiger partial charge in [-0.15, -0.1) is 0 Å². The zero-order valence-electron chi connectivity index (χ0n) is 11.1. The molecule has 1 aromatic carbocycles. The highest BCUT2D eigenvalue weighted by molar-refractivity contribution is 9.10. The van der Waals surface area contributed by atoms with E-state index in [4.69, 9.17) is 9.47 Å². The second-order valence-corrected chi connectivity index (χ2v) is 7.16. The molecule has 0 spiro atoms. The third kappa shape index (κ3) is 3.20. The molecule has 1 unspecified atom stereocenters. The highest BCUT2D eigenvalue weighted by atomic mass is 79.9. The molecule has 2 rings (SSSR count). The van der Waals surface area contributed by atoms with Crippen molar-refractivity contribution in [3.63, 3.8) is 0 Å². The van der Waals surface area contributed by atoms with E-state index in [-0.39, 0.29) is 30.3 Å². The number of carboxylic acid groups (broad SMARTS) is 1. The van der Waals surface area contributed by atoms with Crippen LogP contribution in [-0.2, 0) is 19.6 Å². The summed E-state index contributed by atoms with van der Waals surface area (Å²) in [7, 11) is -2.74. The van der Waals surface area contributed by atoms with Gasteiger partial charge in [0, 0.05) is 17.5 Å². The maximum Gasteiger partial charge on any atom is 0.327 e. The quantitative estimate of drug-likeness (QED) is 0.790. The Morgan fingerprint density at radius 1 is 1.52 bits per heavy atom. The Bertz CT molecular complexity index is 654. The van der Waals surface area contributed by atoms with Crippen LogP contribution < -0.4 is 9.46 Å². The van der Waals surface area contributed by atoms with Gasteiger partial charge in [-0.05, 0) is 18.2 Å². The van der Waals surface area contributed by atoms with Gasteiger partial charge in [-0.1, -0.05) is 15.9 Å². The lowest BCUT2D eigenvalue weighted by Gasteiger charge is -2.24. The number of hydrogen-bond acceptors (Lipinski definition) is 5. The standard InChI is InChI=1S/C12H14BrNO6S/c1-19-9-3-2-8(13)6-10(9)21(17,18)14-12(11(15)16)4-5-20-7-12/h2-3,6,14H,4-5,7H2,1H3,(H,15,16). The first-order chi connectivity index (χ1) is 9.81. The molecule has 0 aromatic heterocycles. The molecule has 1 aliphatic heterocycles. The number of benzene rings is 1. The Morgan fingerprint density at radius 2 is 2.24 bits per heavy atom. The summed E-state index contributed by atoms with van der Waals surface area (Å²) in [5.74, 6) is -1.14. The molecule has 2 N–H and O–H groups in total. The van der Waals surface area contributed by atoms with E-state index >= 15 is 0 Å². The van der Waals surface area contributed by atoms with E-state index in [1.54, 1.807) is 6.07 Å². The van der Waals surface area contributed by atoms with Crippen molar-refractivity contribution in [2.45, 2.75) is 16.9 Å². The smallest absolute Gasteiger partial charge is 0.327 e. The third-order valence-electron chi connectivity index (χ3n) is 3.18. The lowest BCUT2D eigenvalue weighted by molar-refractivity contribution is -0.144. The molecule has 1 saturated heterocycles. The van der Waals surface area contributed by atoms with Crippen molar-refractivity contribution < 1.29 is 27.8 Å². The Kier molecular flexibility index (Phi) is 4.57. The number of methoxy groups -OCH3 is 1. The van der Waals surface area contributed by atoms with Crippen LogP contribution in [0.25, 0.3) is 0 Å². The number of aliphatic carboxylic acids is 1. The summed E-state index contributed by atoms with van der Waals surface area (Å²) in [5, 5.41) is 9.31. The summed E-state index contributed by atoms with van der Waals surface area (Å²) in [6, 6.07) is 4.47. The van der Waals surface area contributed by atoms with Gasteiger partial charge < -0.3 is 14.6 Å². The van der Waals surface area contributed by atoms with Crippen LogP contribution >= 0.6 is 15.9 Å². The average molecular weight is 380 g/mol. The zero-order chi connectivity index (χ0) is 15.7. The third-order valence-corrected chi connectivity index (χ3v) is 5.23. The van der Waals surface area contributed by atoms with Gasteiger partial charge in [0.2, 0.25) is 10.0 Å². The van der Waals surface area contributed by atoms with Crippen molar-refractivity contribution in [1.82, 2.24) is 4.72 Å². The molecule has 0 amide bonds. The lowest BCUT2D eigenvalue weighted by atomic mass is 10.0. The van der Waals surface area contributed by atoms with Gasteiger partial charge in [-0.25, -0.2) is 8.42 Å². The van der Waals surface area contributed by atoms with Gasteiger partial charge in [-0.2, -0.15) is 4.72 Å². The minimum absolute atomic E-state index is 0.0673. The molecular weight excluding hydrogens is 366 g/mol. The topological polar surface area (TPSA) is 102 Å². The van der Waals surface area contributed by atoms with Crippen LogP contribution in [0.4, 0.5) is 0 Å². The average Bonchev–Trinajstić information content (AvgIpc) is 2.88. The first kappa shape index (κ1) is 16.2. The summed E-state index contributed by atoms with van der Waals surface area (Å²) < 4.78 is 37.8. The SMILES string of the molecule is COc1ccc(Br)cc1S(=O)(=O)NC1(C(=O)O)CCOC1. The number of rotatable bonds is 5. The van der Waals surface area contributed by atoms with Crippen LogP contribution in [0.15, 0.2) is 27.6 Å². The molecule has 0 aliphatic carbocycles. The number of carboxylic acids is 1. The van der Waals surface area contributed by atoms with E-state index in [0.29, 0.717) is 4.47 Å². The minimum Gasteiger partial charge on any atom is -0.495 e. The number of hydrogen-bond donors (Lipinski definition) is 2. The van der Waals surface area contributed by atoms with Crippen LogP contribution in [0.5, 0.6) is 5.75 Å². The molecule has 9 heteroatoms. The maximum atomic E-state index is 12.5. The minimum atomic E-state index is -4.08. The van der Waals surface area contributed by atoms with Crippen LogP contribution in [0.2, 0.25) is 0 Å². The molecule has 0 saturated carbocycles. The van der Waals surface area contributed by atoms with E-state index in [1.807, 2.05) is 0 Å². The number of halogens is 1. The van der Waals surface area contributed by atoms with Gasteiger partial charge in [0.1, 0.15) is 10.6 Å². The normalized spacial score (nSPS) is 22.2. The summed E-state index contributed by atoms with van der Waals surface area (Å²) in [5.41, 5.74) is -1.65. The van der Waals surface area contributed by atoms with Crippen molar-refractivity contribution in [1.29, 1.82) is 0 Å². The molecule has 1 atom stereocenters. The molecule has 7 nitrogen and oxygen atoms in total. The maximum absolute atomic E-state index is 12.5. The Labute approximate surface area is 130 Å². The van der Waals surface area contributed by atoms with Crippen LogP contribution in [-0.4, -0.2) is 45.4 Å². The zero-order valence-corrected chi connectivity index (χ0v) is 13.5. The van der Waals surface area contributed by atoms with E-state index < -0.39 is 21.5 Å². The molecule has 1 aliphatic rings. The van der Waals surface area contributed by atoms with Crippen LogP contribution in [0, 0.1) is 0 Å². The van der Waals surface area contributed by atoms with Gasteiger partial charge in [0.05, 0.1) is 13.7 Å². The predicted molar refractivity (Wildman–Crippen MR) is 76.8 cm³/mol. The van der Waals surface area contributed by atoms with E-state index in [9.17, 15) is 18.3 Å². The van der Waals surface area contributed by atoms with E-state index in [2.05, 4.69) is 20.7 Å². The summed E-state index contributed by atoms with van der Waals surface area (Å²) >= 11 is 3.18. The first-order valence-electron chi connectivity index (χ1n) is 5.99. The van der Waals surface area contributed by atoms with Crippen molar-refractivity contribution in [2.75, 3.05) is 20.3 Å². The van der Waals surface area contributed by atoms with Crippen molar-refractivity contribution in [2.24, 2.45) is 0 Å². The van der Waals surface area contributed by atoms with Gasteiger partial charge in [-0.3, -0.25) is 4.79 Å². The fourth-order valence-corrected chi connectivity index (χ4v) is 4.11. The number of nitrogens with one attached hydrogen (secondary N) is 1. The molecule has 0 radical (unpaired) electrons. The summed E-state index contributed by atoms with van der Waals surface area (Å²) in [6.07, 6.45) is 0.0673. The highest BCUT2D eigenvalue weighted by Gasteiger charge is 2.46. The largest absolute Gasteiger partial charge is 0.495 e. The summed E-state index contributed by atoms with van der Waals surface area (Å²) in [6.45, 7) is -0.0255. The lowest BCUT2D eigenvalue weighted by Crippen LogP contribution is -2.55. The van der Waals surface area contributed by atoms with E-state index in [1.165, 1.54) is 19.2 Å². The highest BCUT2D eigenvalue weighted by Crippen LogP contribution is 2.29.